The number of piperazine rings is 1. The van der Waals surface area contributed by atoms with Crippen LogP contribution in [-0.4, -0.2) is 72.5 Å². The highest BCUT2D eigenvalue weighted by molar-refractivity contribution is 14.0. The monoisotopic (exact) mass is 556 g/mol. The van der Waals surface area contributed by atoms with Crippen molar-refractivity contribution in [3.63, 3.8) is 0 Å². The van der Waals surface area contributed by atoms with Crippen molar-refractivity contribution in [1.29, 1.82) is 0 Å². The second-order valence-corrected chi connectivity index (χ2v) is 7.10. The van der Waals surface area contributed by atoms with Gasteiger partial charge in [0.2, 0.25) is 0 Å². The first-order valence-corrected chi connectivity index (χ1v) is 10.3. The minimum atomic E-state index is 0. The van der Waals surface area contributed by atoms with Gasteiger partial charge in [0.25, 0.3) is 0 Å². The first-order chi connectivity index (χ1) is 15.1. The molecule has 1 heterocycles. The van der Waals surface area contributed by atoms with Gasteiger partial charge in [-0.25, -0.2) is 0 Å². The minimum absolute atomic E-state index is 0. The predicted octanol–water partition coefficient (Wildman–Crippen LogP) is 3.24. The molecule has 1 fully saturated rings. The fourth-order valence-electron chi connectivity index (χ4n) is 3.72. The van der Waals surface area contributed by atoms with Gasteiger partial charge in [0.1, 0.15) is 11.5 Å². The normalized spacial score (nSPS) is 13.8. The molecule has 2 aromatic carbocycles. The second-order valence-electron chi connectivity index (χ2n) is 7.10. The number of halogens is 1. The van der Waals surface area contributed by atoms with Crippen LogP contribution in [0.15, 0.2) is 41.4 Å². The highest BCUT2D eigenvalue weighted by atomic mass is 127. The Morgan fingerprint density at radius 3 is 2.12 bits per heavy atom. The standard InChI is InChI=1S/C23H32N4O4.HI/c1-24-23(25-16-17-13-21(30-4)22(31-5)15-20(17)29-3)27-11-9-26(10-12-27)18-7-6-8-19(14-18)28-2;/h6-8,13-15H,9-12,16H2,1-5H3,(H,24,25);1H. The fraction of sp³-hybridized carbons (Fsp3) is 0.435. The molecule has 0 amide bonds. The van der Waals surface area contributed by atoms with Crippen LogP contribution in [0.25, 0.3) is 0 Å². The zero-order valence-corrected chi connectivity index (χ0v) is 21.7. The van der Waals surface area contributed by atoms with Gasteiger partial charge in [-0.3, -0.25) is 4.99 Å². The maximum Gasteiger partial charge on any atom is 0.194 e. The molecule has 32 heavy (non-hydrogen) atoms. The van der Waals surface area contributed by atoms with Crippen molar-refractivity contribution in [3.05, 3.63) is 42.0 Å². The average molecular weight is 556 g/mol. The molecule has 8 nitrogen and oxygen atoms in total. The molecular weight excluding hydrogens is 523 g/mol. The van der Waals surface area contributed by atoms with Crippen LogP contribution in [0.1, 0.15) is 5.56 Å². The Hall–Kier alpha value is -2.56. The molecule has 0 aliphatic carbocycles. The molecule has 0 radical (unpaired) electrons. The number of guanidine groups is 1. The Labute approximate surface area is 207 Å². The average Bonchev–Trinajstić information content (AvgIpc) is 2.84. The van der Waals surface area contributed by atoms with E-state index < -0.39 is 0 Å². The van der Waals surface area contributed by atoms with Crippen molar-refractivity contribution in [2.24, 2.45) is 4.99 Å². The number of hydrogen-bond acceptors (Lipinski definition) is 6. The van der Waals surface area contributed by atoms with Gasteiger partial charge < -0.3 is 34.1 Å². The molecule has 0 bridgehead atoms. The molecule has 0 atom stereocenters. The minimum Gasteiger partial charge on any atom is -0.497 e. The van der Waals surface area contributed by atoms with Gasteiger partial charge in [-0.05, 0) is 18.2 Å². The molecule has 1 aliphatic rings. The number of benzene rings is 2. The van der Waals surface area contributed by atoms with Crippen LogP contribution in [0.3, 0.4) is 0 Å². The largest absolute Gasteiger partial charge is 0.497 e. The summed E-state index contributed by atoms with van der Waals surface area (Å²) < 4.78 is 21.7. The van der Waals surface area contributed by atoms with E-state index in [4.69, 9.17) is 18.9 Å². The van der Waals surface area contributed by atoms with Gasteiger partial charge in [-0.15, -0.1) is 24.0 Å². The summed E-state index contributed by atoms with van der Waals surface area (Å²) in [7, 11) is 8.39. The number of aliphatic imine (C=N–C) groups is 1. The zero-order valence-electron chi connectivity index (χ0n) is 19.4. The van der Waals surface area contributed by atoms with E-state index in [-0.39, 0.29) is 24.0 Å². The van der Waals surface area contributed by atoms with Crippen molar-refractivity contribution in [2.75, 3.05) is 66.6 Å². The van der Waals surface area contributed by atoms with E-state index in [1.165, 1.54) is 5.69 Å². The summed E-state index contributed by atoms with van der Waals surface area (Å²) in [5.74, 6) is 3.79. The predicted molar refractivity (Wildman–Crippen MR) is 138 cm³/mol. The van der Waals surface area contributed by atoms with Gasteiger partial charge >= 0.3 is 0 Å². The smallest absolute Gasteiger partial charge is 0.194 e. The van der Waals surface area contributed by atoms with Crippen molar-refractivity contribution >= 4 is 35.6 Å². The van der Waals surface area contributed by atoms with E-state index in [0.29, 0.717) is 18.0 Å². The van der Waals surface area contributed by atoms with Crippen LogP contribution in [0.5, 0.6) is 23.0 Å². The molecule has 176 valence electrons. The van der Waals surface area contributed by atoms with Gasteiger partial charge in [0.15, 0.2) is 17.5 Å². The summed E-state index contributed by atoms with van der Waals surface area (Å²) in [5.41, 5.74) is 2.15. The number of rotatable bonds is 7. The molecule has 3 rings (SSSR count). The lowest BCUT2D eigenvalue weighted by Crippen LogP contribution is -2.52. The SMILES string of the molecule is CN=C(NCc1cc(OC)c(OC)cc1OC)N1CCN(c2cccc(OC)c2)CC1.I. The first-order valence-electron chi connectivity index (χ1n) is 10.3. The van der Waals surface area contributed by atoms with Crippen LogP contribution in [0.2, 0.25) is 0 Å². The van der Waals surface area contributed by atoms with Gasteiger partial charge in [0, 0.05) is 63.2 Å². The number of methoxy groups -OCH3 is 4. The molecular formula is C23H33IN4O4. The molecule has 0 spiro atoms. The maximum absolute atomic E-state index is 5.53. The Morgan fingerprint density at radius 1 is 0.875 bits per heavy atom. The van der Waals surface area contributed by atoms with Crippen molar-refractivity contribution < 1.29 is 18.9 Å². The molecule has 9 heteroatoms. The number of nitrogens with zero attached hydrogens (tertiary/aromatic N) is 3. The van der Waals surface area contributed by atoms with Crippen LogP contribution in [-0.2, 0) is 6.54 Å². The number of anilines is 1. The summed E-state index contributed by atoms with van der Waals surface area (Å²) in [4.78, 5) is 9.11. The van der Waals surface area contributed by atoms with Crippen LogP contribution in [0, 0.1) is 0 Å². The number of ether oxygens (including phenoxy) is 4. The number of nitrogens with one attached hydrogen (secondary N) is 1. The van der Waals surface area contributed by atoms with E-state index in [0.717, 1.165) is 49.2 Å². The van der Waals surface area contributed by atoms with E-state index in [9.17, 15) is 0 Å². The third kappa shape index (κ3) is 6.02. The second kappa shape index (κ2) is 12.5. The fourth-order valence-corrected chi connectivity index (χ4v) is 3.72. The Bertz CT molecular complexity index is 902. The Morgan fingerprint density at radius 2 is 1.53 bits per heavy atom. The van der Waals surface area contributed by atoms with Crippen LogP contribution < -0.4 is 29.2 Å². The summed E-state index contributed by atoms with van der Waals surface area (Å²) in [5, 5.41) is 3.45. The molecule has 1 saturated heterocycles. The number of hydrogen-bond donors (Lipinski definition) is 1. The Balaban J connectivity index is 0.00000363. The van der Waals surface area contributed by atoms with Crippen molar-refractivity contribution in [1.82, 2.24) is 10.2 Å². The van der Waals surface area contributed by atoms with Gasteiger partial charge in [-0.1, -0.05) is 6.07 Å². The third-order valence-electron chi connectivity index (χ3n) is 5.43. The third-order valence-corrected chi connectivity index (χ3v) is 5.43. The Kier molecular flexibility index (Phi) is 10.0. The zero-order chi connectivity index (χ0) is 22.2. The molecule has 0 unspecified atom stereocenters. The van der Waals surface area contributed by atoms with Crippen LogP contribution in [0.4, 0.5) is 5.69 Å². The highest BCUT2D eigenvalue weighted by Gasteiger charge is 2.21. The quantitative estimate of drug-likeness (QED) is 0.319. The van der Waals surface area contributed by atoms with E-state index in [1.54, 1.807) is 28.4 Å². The van der Waals surface area contributed by atoms with E-state index in [1.807, 2.05) is 31.3 Å². The molecule has 2 aromatic rings. The van der Waals surface area contributed by atoms with Crippen molar-refractivity contribution in [3.8, 4) is 23.0 Å². The van der Waals surface area contributed by atoms with E-state index >= 15 is 0 Å². The lowest BCUT2D eigenvalue weighted by atomic mass is 10.1. The summed E-state index contributed by atoms with van der Waals surface area (Å²) in [6.07, 6.45) is 0. The van der Waals surface area contributed by atoms with Crippen molar-refractivity contribution in [2.45, 2.75) is 6.54 Å². The summed E-state index contributed by atoms with van der Waals surface area (Å²) in [6.45, 7) is 4.13. The van der Waals surface area contributed by atoms with Gasteiger partial charge in [0.05, 0.1) is 28.4 Å². The summed E-state index contributed by atoms with van der Waals surface area (Å²) >= 11 is 0. The molecule has 1 aliphatic heterocycles. The topological polar surface area (TPSA) is 67.8 Å². The highest BCUT2D eigenvalue weighted by Crippen LogP contribution is 2.34. The molecule has 0 aromatic heterocycles. The first kappa shape index (κ1) is 25.7. The summed E-state index contributed by atoms with van der Waals surface area (Å²) in [6, 6.07) is 12.0. The lowest BCUT2D eigenvalue weighted by molar-refractivity contribution is 0.346. The van der Waals surface area contributed by atoms with E-state index in [2.05, 4.69) is 32.2 Å². The molecule has 1 N–H and O–H groups in total. The van der Waals surface area contributed by atoms with Crippen LogP contribution >= 0.6 is 24.0 Å². The lowest BCUT2D eigenvalue weighted by Gasteiger charge is -2.37. The molecule has 0 saturated carbocycles. The van der Waals surface area contributed by atoms with Gasteiger partial charge in [-0.2, -0.15) is 0 Å². The maximum atomic E-state index is 5.53.